The minimum Gasteiger partial charge on any atom is -0.493 e. The van der Waals surface area contributed by atoms with Crippen LogP contribution in [-0.2, 0) is 23.1 Å². The maximum Gasteiger partial charge on any atom is 0.232 e. The number of carbonyl (C=O) groups is 1. The molecule has 2 aliphatic heterocycles. The number of rotatable bonds is 7. The lowest BCUT2D eigenvalue weighted by molar-refractivity contribution is -0.123. The lowest BCUT2D eigenvalue weighted by Crippen LogP contribution is -2.49. The molecule has 1 saturated heterocycles. The molecule has 3 aromatic carbocycles. The number of benzene rings is 3. The quantitative estimate of drug-likeness (QED) is 0.620. The van der Waals surface area contributed by atoms with Crippen molar-refractivity contribution in [3.05, 3.63) is 101 Å². The van der Waals surface area contributed by atoms with Gasteiger partial charge in [0.1, 0.15) is 11.2 Å². The van der Waals surface area contributed by atoms with Gasteiger partial charge in [0, 0.05) is 22.2 Å². The van der Waals surface area contributed by atoms with E-state index in [4.69, 9.17) is 13.2 Å². The Hall–Kier alpha value is -3.11. The second kappa shape index (κ2) is 8.79. The Bertz CT molecular complexity index is 1130. The van der Waals surface area contributed by atoms with Crippen LogP contribution in [-0.4, -0.2) is 37.0 Å². The Labute approximate surface area is 192 Å². The number of primary amides is 1. The zero-order valence-electron chi connectivity index (χ0n) is 20.2. The molecule has 0 aromatic heterocycles. The molecular weight excluding hydrogens is 396 g/mol. The van der Waals surface area contributed by atoms with E-state index in [2.05, 4.69) is 6.07 Å². The fourth-order valence-electron chi connectivity index (χ4n) is 5.34. The van der Waals surface area contributed by atoms with Gasteiger partial charge in [0.2, 0.25) is 5.91 Å². The minimum atomic E-state index is -1.54. The van der Waals surface area contributed by atoms with Gasteiger partial charge in [-0.15, -0.1) is 0 Å². The highest BCUT2D eigenvalue weighted by Crippen LogP contribution is 2.43. The lowest BCUT2D eigenvalue weighted by Gasteiger charge is -2.37. The standard InChI is InChI=1S/C28H30N2O2/c29-27(31)28(23-7-3-1-4-8-23,24-9-5-2-6-10-24)25-14-17-30(20-25)16-13-21-11-12-26-22(19-21)15-18-32-26/h1-12,19,25H,13-18,20H2,(H2,29,31)/t25-/m1/s1/i16D2. The van der Waals surface area contributed by atoms with Gasteiger partial charge in [-0.05, 0) is 53.6 Å². The van der Waals surface area contributed by atoms with Crippen LogP contribution in [0.3, 0.4) is 0 Å². The molecular formula is C28H30N2O2. The van der Waals surface area contributed by atoms with Gasteiger partial charge in [0.25, 0.3) is 0 Å². The van der Waals surface area contributed by atoms with E-state index in [1.165, 1.54) is 0 Å². The highest BCUT2D eigenvalue weighted by atomic mass is 16.5. The van der Waals surface area contributed by atoms with Crippen molar-refractivity contribution in [1.29, 1.82) is 0 Å². The molecule has 0 unspecified atom stereocenters. The fraction of sp³-hybridized carbons (Fsp3) is 0.321. The normalized spacial score (nSPS) is 19.7. The molecule has 164 valence electrons. The van der Waals surface area contributed by atoms with Crippen LogP contribution in [0.2, 0.25) is 0 Å². The van der Waals surface area contributed by atoms with Crippen molar-refractivity contribution in [3.8, 4) is 5.75 Å². The van der Waals surface area contributed by atoms with Crippen LogP contribution in [0.25, 0.3) is 0 Å². The van der Waals surface area contributed by atoms with Crippen LogP contribution in [0.5, 0.6) is 5.75 Å². The topological polar surface area (TPSA) is 55.6 Å². The smallest absolute Gasteiger partial charge is 0.232 e. The summed E-state index contributed by atoms with van der Waals surface area (Å²) in [5.41, 5.74) is 9.00. The second-order valence-electron chi connectivity index (χ2n) is 8.71. The molecule has 1 atom stereocenters. The molecule has 4 nitrogen and oxygen atoms in total. The van der Waals surface area contributed by atoms with Gasteiger partial charge in [-0.1, -0.05) is 72.8 Å². The maximum absolute atomic E-state index is 13.3. The van der Waals surface area contributed by atoms with E-state index in [9.17, 15) is 4.79 Å². The van der Waals surface area contributed by atoms with E-state index in [1.807, 2.05) is 77.7 Å². The number of hydrogen-bond acceptors (Lipinski definition) is 3. The first kappa shape index (κ1) is 18.5. The fourth-order valence-corrected chi connectivity index (χ4v) is 5.34. The summed E-state index contributed by atoms with van der Waals surface area (Å²) in [5.74, 6) is 0.372. The molecule has 2 aliphatic rings. The average molecular weight is 429 g/mol. The van der Waals surface area contributed by atoms with Crippen LogP contribution < -0.4 is 10.5 Å². The van der Waals surface area contributed by atoms with E-state index in [-0.39, 0.29) is 12.3 Å². The third kappa shape index (κ3) is 3.69. The molecule has 5 rings (SSSR count). The van der Waals surface area contributed by atoms with E-state index < -0.39 is 17.8 Å². The summed E-state index contributed by atoms with van der Waals surface area (Å²) in [6, 6.07) is 25.4. The third-order valence-electron chi connectivity index (χ3n) is 6.91. The molecule has 2 heterocycles. The number of hydrogen-bond donors (Lipinski definition) is 1. The summed E-state index contributed by atoms with van der Waals surface area (Å²) in [7, 11) is 0. The highest BCUT2D eigenvalue weighted by molar-refractivity contribution is 5.91. The van der Waals surface area contributed by atoms with E-state index >= 15 is 0 Å². The van der Waals surface area contributed by atoms with Crippen molar-refractivity contribution in [3.63, 3.8) is 0 Å². The SMILES string of the molecule is [2H]C([2H])(Cc1ccc2c(c1)CCO2)N1CC[C@@H](C(C(N)=O)(c2ccccc2)c2ccccc2)C1. The molecule has 1 amide bonds. The first-order valence-electron chi connectivity index (χ1n) is 12.3. The zero-order valence-corrected chi connectivity index (χ0v) is 18.2. The van der Waals surface area contributed by atoms with Gasteiger partial charge in [0.05, 0.1) is 6.61 Å². The first-order chi connectivity index (χ1) is 16.4. The number of carbonyl (C=O) groups excluding carboxylic acids is 1. The number of ether oxygens (including phenoxy) is 1. The Kier molecular flexibility index (Phi) is 5.07. The Morgan fingerprint density at radius 2 is 1.75 bits per heavy atom. The molecule has 32 heavy (non-hydrogen) atoms. The van der Waals surface area contributed by atoms with E-state index in [0.717, 1.165) is 34.4 Å². The predicted octanol–water partition coefficient (Wildman–Crippen LogP) is 3.96. The highest BCUT2D eigenvalue weighted by Gasteiger charge is 2.49. The third-order valence-corrected chi connectivity index (χ3v) is 6.91. The summed E-state index contributed by atoms with van der Waals surface area (Å²) in [6.07, 6.45) is 1.84. The van der Waals surface area contributed by atoms with Crippen molar-refractivity contribution in [2.75, 3.05) is 26.2 Å². The molecule has 0 saturated carbocycles. The molecule has 3 aromatic rings. The minimum absolute atomic E-state index is 0.140. The Morgan fingerprint density at radius 3 is 2.41 bits per heavy atom. The molecule has 0 bridgehead atoms. The van der Waals surface area contributed by atoms with Crippen molar-refractivity contribution in [2.24, 2.45) is 11.7 Å². The molecule has 0 radical (unpaired) electrons. The monoisotopic (exact) mass is 428 g/mol. The predicted molar refractivity (Wildman–Crippen MR) is 127 cm³/mol. The summed E-state index contributed by atoms with van der Waals surface area (Å²) in [4.78, 5) is 15.1. The van der Waals surface area contributed by atoms with E-state index in [0.29, 0.717) is 26.1 Å². The van der Waals surface area contributed by atoms with E-state index in [1.54, 1.807) is 0 Å². The van der Waals surface area contributed by atoms with Gasteiger partial charge in [-0.2, -0.15) is 0 Å². The van der Waals surface area contributed by atoms with Crippen molar-refractivity contribution in [2.45, 2.75) is 24.7 Å². The van der Waals surface area contributed by atoms with Crippen LogP contribution in [0.15, 0.2) is 78.9 Å². The first-order valence-corrected chi connectivity index (χ1v) is 11.3. The average Bonchev–Trinajstić information content (AvgIpc) is 3.51. The number of aryl methyl sites for hydroxylation is 1. The van der Waals surface area contributed by atoms with Crippen LogP contribution in [0, 0.1) is 5.92 Å². The number of nitrogens with two attached hydrogens (primary N) is 1. The van der Waals surface area contributed by atoms with Crippen molar-refractivity contribution in [1.82, 2.24) is 4.90 Å². The summed E-state index contributed by atoms with van der Waals surface area (Å²) in [6.45, 7) is 0.168. The largest absolute Gasteiger partial charge is 0.493 e. The van der Waals surface area contributed by atoms with Crippen molar-refractivity contribution >= 4 is 5.91 Å². The molecule has 2 N–H and O–H groups in total. The molecule has 4 heteroatoms. The number of amides is 1. The van der Waals surface area contributed by atoms with Crippen LogP contribution in [0.1, 0.15) is 31.4 Å². The van der Waals surface area contributed by atoms with Crippen molar-refractivity contribution < 1.29 is 12.3 Å². The molecule has 0 spiro atoms. The van der Waals surface area contributed by atoms with Crippen LogP contribution in [0.4, 0.5) is 0 Å². The molecule has 1 fully saturated rings. The zero-order chi connectivity index (χ0) is 23.8. The Balaban J connectivity index is 1.45. The summed E-state index contributed by atoms with van der Waals surface area (Å²) >= 11 is 0. The second-order valence-corrected chi connectivity index (χ2v) is 8.71. The summed E-state index contributed by atoms with van der Waals surface area (Å²) in [5, 5.41) is 0. The maximum atomic E-state index is 13.3. The number of nitrogens with zero attached hydrogens (tertiary/aromatic N) is 1. The molecule has 0 aliphatic carbocycles. The van der Waals surface area contributed by atoms with Crippen LogP contribution >= 0.6 is 0 Å². The van der Waals surface area contributed by atoms with Gasteiger partial charge < -0.3 is 15.4 Å². The Morgan fingerprint density at radius 1 is 1.06 bits per heavy atom. The van der Waals surface area contributed by atoms with Gasteiger partial charge in [0.15, 0.2) is 0 Å². The van der Waals surface area contributed by atoms with Gasteiger partial charge >= 0.3 is 0 Å². The number of likely N-dealkylation sites (tertiary alicyclic amines) is 1. The summed E-state index contributed by atoms with van der Waals surface area (Å²) < 4.78 is 23.4. The lowest BCUT2D eigenvalue weighted by atomic mass is 9.64. The number of fused-ring (bicyclic) bond motifs is 1. The van der Waals surface area contributed by atoms with Gasteiger partial charge in [-0.25, -0.2) is 0 Å². The van der Waals surface area contributed by atoms with Gasteiger partial charge in [-0.3, -0.25) is 4.79 Å².